The summed E-state index contributed by atoms with van der Waals surface area (Å²) in [5, 5.41) is 5.33. The Hall–Kier alpha value is -1.37. The van der Waals surface area contributed by atoms with Gasteiger partial charge in [-0.3, -0.25) is 5.32 Å². The Morgan fingerprint density at radius 2 is 2.05 bits per heavy atom. The number of amides is 1. The van der Waals surface area contributed by atoms with E-state index in [0.29, 0.717) is 17.4 Å². The molecule has 0 bridgehead atoms. The van der Waals surface area contributed by atoms with Gasteiger partial charge >= 0.3 is 6.09 Å². The molecule has 8 heteroatoms. The maximum absolute atomic E-state index is 11.2. The molecule has 0 unspecified atom stereocenters. The lowest BCUT2D eigenvalue weighted by Crippen LogP contribution is -2.12. The first kappa shape index (κ1) is 14.0. The first-order chi connectivity index (χ1) is 9.08. The van der Waals surface area contributed by atoms with Crippen molar-refractivity contribution in [1.29, 1.82) is 0 Å². The van der Waals surface area contributed by atoms with E-state index in [9.17, 15) is 4.79 Å². The summed E-state index contributed by atoms with van der Waals surface area (Å²) < 4.78 is 4.76. The summed E-state index contributed by atoms with van der Waals surface area (Å²) in [7, 11) is 0. The predicted octanol–water partition coefficient (Wildman–Crippen LogP) is 4.08. The van der Waals surface area contributed by atoms with Crippen LogP contribution >= 0.6 is 34.5 Å². The molecule has 2 aromatic heterocycles. The molecule has 2 heterocycles. The predicted molar refractivity (Wildman–Crippen MR) is 76.0 cm³/mol. The van der Waals surface area contributed by atoms with Crippen LogP contribution in [0.2, 0.25) is 10.3 Å². The summed E-state index contributed by atoms with van der Waals surface area (Å²) in [6, 6.07) is 3.30. The molecular weight excluding hydrogens is 309 g/mol. The van der Waals surface area contributed by atoms with Crippen LogP contribution in [0.25, 0.3) is 11.3 Å². The lowest BCUT2D eigenvalue weighted by molar-refractivity contribution is 0.168. The molecular formula is C11H9Cl2N3O2S. The Kier molecular flexibility index (Phi) is 4.57. The van der Waals surface area contributed by atoms with E-state index >= 15 is 0 Å². The number of thiazole rings is 1. The van der Waals surface area contributed by atoms with E-state index in [1.54, 1.807) is 24.4 Å². The third-order valence-corrected chi connectivity index (χ3v) is 3.19. The molecule has 1 amide bonds. The fraction of sp³-hybridized carbons (Fsp3) is 0.182. The van der Waals surface area contributed by atoms with Gasteiger partial charge in [0.05, 0.1) is 12.3 Å². The molecule has 5 nitrogen and oxygen atoms in total. The highest BCUT2D eigenvalue weighted by Crippen LogP contribution is 2.28. The summed E-state index contributed by atoms with van der Waals surface area (Å²) in [6.07, 6.45) is -0.533. The Balaban J connectivity index is 2.18. The maximum atomic E-state index is 11.2. The number of carbonyl (C=O) groups is 1. The van der Waals surface area contributed by atoms with Crippen molar-refractivity contribution in [1.82, 2.24) is 9.97 Å². The Morgan fingerprint density at radius 1 is 1.37 bits per heavy atom. The second-order valence-corrected chi connectivity index (χ2v) is 5.02. The van der Waals surface area contributed by atoms with Crippen LogP contribution in [-0.2, 0) is 4.74 Å². The molecule has 0 radical (unpaired) electrons. The Morgan fingerprint density at radius 3 is 2.68 bits per heavy atom. The van der Waals surface area contributed by atoms with Gasteiger partial charge in [0.25, 0.3) is 0 Å². The number of nitrogens with one attached hydrogen (secondary N) is 1. The van der Waals surface area contributed by atoms with Gasteiger partial charge in [0.1, 0.15) is 10.3 Å². The SMILES string of the molecule is CCOC(=O)Nc1nc(-c2cc(Cl)nc(Cl)c2)cs1. The number of nitrogens with zero attached hydrogens (tertiary/aromatic N) is 2. The second-order valence-electron chi connectivity index (χ2n) is 3.38. The van der Waals surface area contributed by atoms with Gasteiger partial charge in [-0.2, -0.15) is 0 Å². The zero-order valence-corrected chi connectivity index (χ0v) is 12.1. The van der Waals surface area contributed by atoms with Crippen LogP contribution in [0.1, 0.15) is 6.92 Å². The summed E-state index contributed by atoms with van der Waals surface area (Å²) >= 11 is 12.9. The molecule has 100 valence electrons. The Labute approximate surface area is 123 Å². The monoisotopic (exact) mass is 317 g/mol. The van der Waals surface area contributed by atoms with Crippen LogP contribution in [0.3, 0.4) is 0 Å². The largest absolute Gasteiger partial charge is 0.450 e. The van der Waals surface area contributed by atoms with Crippen molar-refractivity contribution < 1.29 is 9.53 Å². The normalized spacial score (nSPS) is 10.3. The first-order valence-electron chi connectivity index (χ1n) is 5.31. The van der Waals surface area contributed by atoms with E-state index in [-0.39, 0.29) is 10.3 Å². The highest BCUT2D eigenvalue weighted by molar-refractivity contribution is 7.14. The lowest BCUT2D eigenvalue weighted by Gasteiger charge is -2.01. The minimum atomic E-state index is -0.533. The molecule has 2 aromatic rings. The number of anilines is 1. The molecule has 1 N–H and O–H groups in total. The van der Waals surface area contributed by atoms with Gasteiger partial charge in [0.2, 0.25) is 0 Å². The fourth-order valence-electron chi connectivity index (χ4n) is 1.33. The number of aromatic nitrogens is 2. The van der Waals surface area contributed by atoms with Crippen LogP contribution in [0, 0.1) is 0 Å². The number of pyridine rings is 1. The van der Waals surface area contributed by atoms with Crippen molar-refractivity contribution in [3.05, 3.63) is 27.8 Å². The maximum Gasteiger partial charge on any atom is 0.413 e. The molecule has 0 aliphatic rings. The fourth-order valence-corrected chi connectivity index (χ4v) is 2.50. The molecule has 0 aliphatic heterocycles. The Bertz CT molecular complexity index is 583. The quantitative estimate of drug-likeness (QED) is 0.866. The van der Waals surface area contributed by atoms with Gasteiger partial charge in [-0.1, -0.05) is 23.2 Å². The summed E-state index contributed by atoms with van der Waals surface area (Å²) in [4.78, 5) is 19.4. The molecule has 0 fully saturated rings. The number of halogens is 2. The van der Waals surface area contributed by atoms with Crippen LogP contribution < -0.4 is 5.32 Å². The standard InChI is InChI=1S/C11H9Cl2N3O2S/c1-2-18-11(17)16-10-14-7(5-19-10)6-3-8(12)15-9(13)4-6/h3-5H,2H2,1H3,(H,14,16,17). The van der Waals surface area contributed by atoms with Crippen LogP contribution in [0.5, 0.6) is 0 Å². The third-order valence-electron chi connectivity index (χ3n) is 2.05. The minimum absolute atomic E-state index is 0.287. The van der Waals surface area contributed by atoms with Crippen molar-refractivity contribution in [2.45, 2.75) is 6.92 Å². The van der Waals surface area contributed by atoms with Crippen molar-refractivity contribution in [3.8, 4) is 11.3 Å². The third kappa shape index (κ3) is 3.79. The number of carbonyl (C=O) groups excluding carboxylic acids is 1. The van der Waals surface area contributed by atoms with E-state index in [1.165, 1.54) is 11.3 Å². The highest BCUT2D eigenvalue weighted by Gasteiger charge is 2.09. The van der Waals surface area contributed by atoms with Crippen molar-refractivity contribution >= 4 is 45.8 Å². The zero-order chi connectivity index (χ0) is 13.8. The summed E-state index contributed by atoms with van der Waals surface area (Å²) in [5.74, 6) is 0. The molecule has 0 saturated carbocycles. The van der Waals surface area contributed by atoms with Gasteiger partial charge in [0.15, 0.2) is 5.13 Å². The van der Waals surface area contributed by atoms with Gasteiger partial charge in [-0.05, 0) is 19.1 Å². The molecule has 0 saturated heterocycles. The smallest absolute Gasteiger partial charge is 0.413 e. The average Bonchev–Trinajstić information content (AvgIpc) is 2.76. The molecule has 19 heavy (non-hydrogen) atoms. The summed E-state index contributed by atoms with van der Waals surface area (Å²) in [5.41, 5.74) is 1.39. The second kappa shape index (κ2) is 6.18. The van der Waals surface area contributed by atoms with Gasteiger partial charge in [-0.25, -0.2) is 14.8 Å². The van der Waals surface area contributed by atoms with Crippen LogP contribution in [0.4, 0.5) is 9.93 Å². The molecule has 0 atom stereocenters. The molecule has 0 aliphatic carbocycles. The van der Waals surface area contributed by atoms with Crippen LogP contribution in [0.15, 0.2) is 17.5 Å². The van der Waals surface area contributed by atoms with Gasteiger partial charge in [0, 0.05) is 10.9 Å². The van der Waals surface area contributed by atoms with E-state index in [4.69, 9.17) is 27.9 Å². The van der Waals surface area contributed by atoms with Crippen molar-refractivity contribution in [2.75, 3.05) is 11.9 Å². The van der Waals surface area contributed by atoms with Gasteiger partial charge in [-0.15, -0.1) is 11.3 Å². The van der Waals surface area contributed by atoms with Crippen molar-refractivity contribution in [3.63, 3.8) is 0 Å². The zero-order valence-electron chi connectivity index (χ0n) is 9.81. The molecule has 2 rings (SSSR count). The number of rotatable bonds is 3. The lowest BCUT2D eigenvalue weighted by atomic mass is 10.2. The number of ether oxygens (including phenoxy) is 1. The summed E-state index contributed by atoms with van der Waals surface area (Å²) in [6.45, 7) is 2.04. The molecule has 0 spiro atoms. The van der Waals surface area contributed by atoms with E-state index in [1.807, 2.05) is 0 Å². The van der Waals surface area contributed by atoms with Gasteiger partial charge < -0.3 is 4.74 Å². The number of hydrogen-bond donors (Lipinski definition) is 1. The average molecular weight is 318 g/mol. The van der Waals surface area contributed by atoms with Crippen LogP contribution in [-0.4, -0.2) is 22.7 Å². The van der Waals surface area contributed by atoms with E-state index in [0.717, 1.165) is 5.56 Å². The van der Waals surface area contributed by atoms with Crippen molar-refractivity contribution in [2.24, 2.45) is 0 Å². The van der Waals surface area contributed by atoms with E-state index in [2.05, 4.69) is 15.3 Å². The minimum Gasteiger partial charge on any atom is -0.450 e. The van der Waals surface area contributed by atoms with E-state index < -0.39 is 6.09 Å². The highest BCUT2D eigenvalue weighted by atomic mass is 35.5. The molecule has 0 aromatic carbocycles. The first-order valence-corrected chi connectivity index (χ1v) is 6.95. The number of hydrogen-bond acceptors (Lipinski definition) is 5. The topological polar surface area (TPSA) is 64.1 Å².